The number of carbonyl (C=O) groups excluding carboxylic acids is 1. The van der Waals surface area contributed by atoms with E-state index < -0.39 is 0 Å². The van der Waals surface area contributed by atoms with E-state index in [-0.39, 0.29) is 11.9 Å². The highest BCUT2D eigenvalue weighted by molar-refractivity contribution is 7.14. The Labute approximate surface area is 121 Å². The number of tetrazole rings is 1. The highest BCUT2D eigenvalue weighted by Gasteiger charge is 2.22. The molecule has 1 aliphatic rings. The lowest BCUT2D eigenvalue weighted by molar-refractivity contribution is 0.0936. The standard InChI is InChI=1S/C13H17N5OS/c1-2-4-9(12-15-17-18-16-12)14-13(19)11-7-8-5-3-6-10(8)20-11/h7,9H,2-6H2,1H3,(H,14,19)(H,15,16,17,18)/t9-/m0/s1. The van der Waals surface area contributed by atoms with Gasteiger partial charge in [-0.3, -0.25) is 4.79 Å². The Balaban J connectivity index is 1.72. The normalized spacial score (nSPS) is 15.1. The van der Waals surface area contributed by atoms with Crippen LogP contribution in [-0.2, 0) is 12.8 Å². The van der Waals surface area contributed by atoms with Gasteiger partial charge in [-0.25, -0.2) is 0 Å². The molecular formula is C13H17N5OS. The number of hydrogen-bond acceptors (Lipinski definition) is 5. The van der Waals surface area contributed by atoms with Gasteiger partial charge in [-0.15, -0.1) is 21.5 Å². The minimum atomic E-state index is -0.178. The predicted molar refractivity (Wildman–Crippen MR) is 75.6 cm³/mol. The smallest absolute Gasteiger partial charge is 0.261 e. The van der Waals surface area contributed by atoms with Crippen LogP contribution in [-0.4, -0.2) is 26.5 Å². The van der Waals surface area contributed by atoms with Crippen LogP contribution in [0.5, 0.6) is 0 Å². The first kappa shape index (κ1) is 13.2. The van der Waals surface area contributed by atoms with E-state index in [1.54, 1.807) is 11.3 Å². The van der Waals surface area contributed by atoms with E-state index >= 15 is 0 Å². The van der Waals surface area contributed by atoms with Crippen LogP contribution in [0.3, 0.4) is 0 Å². The molecule has 0 aliphatic heterocycles. The van der Waals surface area contributed by atoms with Gasteiger partial charge < -0.3 is 5.32 Å². The minimum absolute atomic E-state index is 0.0346. The lowest BCUT2D eigenvalue weighted by Crippen LogP contribution is -2.28. The molecule has 1 aliphatic carbocycles. The fourth-order valence-electron chi connectivity index (χ4n) is 2.54. The Morgan fingerprint density at radius 3 is 3.15 bits per heavy atom. The largest absolute Gasteiger partial charge is 0.341 e. The maximum atomic E-state index is 12.3. The van der Waals surface area contributed by atoms with Gasteiger partial charge in [-0.1, -0.05) is 18.6 Å². The Morgan fingerprint density at radius 2 is 2.45 bits per heavy atom. The maximum Gasteiger partial charge on any atom is 0.261 e. The molecule has 0 aromatic carbocycles. The van der Waals surface area contributed by atoms with Crippen LogP contribution in [0.2, 0.25) is 0 Å². The van der Waals surface area contributed by atoms with Crippen LogP contribution in [0.1, 0.15) is 58.2 Å². The van der Waals surface area contributed by atoms with Crippen molar-refractivity contribution in [1.82, 2.24) is 25.9 Å². The van der Waals surface area contributed by atoms with E-state index in [0.717, 1.165) is 30.6 Å². The first-order chi connectivity index (χ1) is 9.78. The number of aromatic amines is 1. The molecule has 3 rings (SSSR count). The molecule has 0 saturated heterocycles. The fraction of sp³-hybridized carbons (Fsp3) is 0.538. The number of carbonyl (C=O) groups is 1. The van der Waals surface area contributed by atoms with Crippen molar-refractivity contribution in [1.29, 1.82) is 0 Å². The van der Waals surface area contributed by atoms with Crippen molar-refractivity contribution in [3.8, 4) is 0 Å². The second-order valence-electron chi connectivity index (χ2n) is 5.00. The summed E-state index contributed by atoms with van der Waals surface area (Å²) >= 11 is 1.61. The number of thiophene rings is 1. The molecule has 2 aromatic rings. The summed E-state index contributed by atoms with van der Waals surface area (Å²) in [6.07, 6.45) is 5.17. The molecule has 2 heterocycles. The minimum Gasteiger partial charge on any atom is -0.341 e. The lowest BCUT2D eigenvalue weighted by Gasteiger charge is -2.13. The topological polar surface area (TPSA) is 83.6 Å². The Bertz CT molecular complexity index is 570. The average Bonchev–Trinajstić information content (AvgIpc) is 3.14. The Hall–Kier alpha value is -1.76. The van der Waals surface area contributed by atoms with Crippen LogP contribution in [0.25, 0.3) is 0 Å². The van der Waals surface area contributed by atoms with Crippen molar-refractivity contribution >= 4 is 17.2 Å². The van der Waals surface area contributed by atoms with E-state index in [0.29, 0.717) is 5.82 Å². The first-order valence-electron chi connectivity index (χ1n) is 6.93. The van der Waals surface area contributed by atoms with Gasteiger partial charge in [0.25, 0.3) is 5.91 Å². The lowest BCUT2D eigenvalue weighted by atomic mass is 10.1. The number of fused-ring (bicyclic) bond motifs is 1. The van der Waals surface area contributed by atoms with E-state index in [2.05, 4.69) is 32.9 Å². The molecule has 0 unspecified atom stereocenters. The number of aromatic nitrogens is 4. The summed E-state index contributed by atoms with van der Waals surface area (Å²) in [5.74, 6) is 0.511. The Kier molecular flexibility index (Phi) is 3.77. The number of hydrogen-bond donors (Lipinski definition) is 2. The number of rotatable bonds is 5. The molecule has 7 heteroatoms. The zero-order valence-corrected chi connectivity index (χ0v) is 12.2. The van der Waals surface area contributed by atoms with Crippen molar-refractivity contribution in [3.63, 3.8) is 0 Å². The molecule has 6 nitrogen and oxygen atoms in total. The molecule has 1 atom stereocenters. The zero-order chi connectivity index (χ0) is 13.9. The van der Waals surface area contributed by atoms with E-state index in [1.807, 2.05) is 6.07 Å². The monoisotopic (exact) mass is 291 g/mol. The molecule has 0 saturated carbocycles. The number of amides is 1. The summed E-state index contributed by atoms with van der Waals surface area (Å²) < 4.78 is 0. The molecule has 2 N–H and O–H groups in total. The summed E-state index contributed by atoms with van der Waals surface area (Å²) in [5.41, 5.74) is 1.34. The summed E-state index contributed by atoms with van der Waals surface area (Å²) in [7, 11) is 0. The molecule has 0 bridgehead atoms. The van der Waals surface area contributed by atoms with Gasteiger partial charge in [-0.2, -0.15) is 5.21 Å². The predicted octanol–water partition coefficient (Wildman–Crippen LogP) is 2.02. The molecule has 0 fully saturated rings. The van der Waals surface area contributed by atoms with Gasteiger partial charge in [0.05, 0.1) is 10.9 Å². The van der Waals surface area contributed by atoms with Crippen LogP contribution >= 0.6 is 11.3 Å². The molecule has 1 amide bonds. The SMILES string of the molecule is CCC[C@H](NC(=O)c1cc2c(s1)CCC2)c1nn[nH]n1. The first-order valence-corrected chi connectivity index (χ1v) is 7.75. The molecule has 0 spiro atoms. The van der Waals surface area contributed by atoms with Crippen molar-refractivity contribution < 1.29 is 4.79 Å². The van der Waals surface area contributed by atoms with Crippen LogP contribution < -0.4 is 5.32 Å². The third-order valence-corrected chi connectivity index (χ3v) is 4.76. The summed E-state index contributed by atoms with van der Waals surface area (Å²) in [4.78, 5) is 14.5. The molecule has 20 heavy (non-hydrogen) atoms. The van der Waals surface area contributed by atoms with Gasteiger partial charge in [0.15, 0.2) is 5.82 Å². The van der Waals surface area contributed by atoms with Crippen molar-refractivity contribution in [2.75, 3.05) is 0 Å². The molecule has 106 valence electrons. The average molecular weight is 291 g/mol. The molecule has 2 aromatic heterocycles. The van der Waals surface area contributed by atoms with E-state index in [4.69, 9.17) is 0 Å². The second kappa shape index (κ2) is 5.70. The molecule has 0 radical (unpaired) electrons. The van der Waals surface area contributed by atoms with Gasteiger partial charge in [-0.05, 0) is 37.3 Å². The quantitative estimate of drug-likeness (QED) is 0.882. The second-order valence-corrected chi connectivity index (χ2v) is 6.13. The number of nitrogens with one attached hydrogen (secondary N) is 2. The van der Waals surface area contributed by atoms with Crippen molar-refractivity contribution in [2.45, 2.75) is 45.1 Å². The highest BCUT2D eigenvalue weighted by atomic mass is 32.1. The van der Waals surface area contributed by atoms with Crippen LogP contribution in [0.4, 0.5) is 0 Å². The van der Waals surface area contributed by atoms with Gasteiger partial charge >= 0.3 is 0 Å². The van der Waals surface area contributed by atoms with E-state index in [1.165, 1.54) is 16.9 Å². The third-order valence-electron chi connectivity index (χ3n) is 3.53. The van der Waals surface area contributed by atoms with Crippen LogP contribution in [0.15, 0.2) is 6.07 Å². The van der Waals surface area contributed by atoms with Gasteiger partial charge in [0, 0.05) is 4.88 Å². The molecular weight excluding hydrogens is 274 g/mol. The highest BCUT2D eigenvalue weighted by Crippen LogP contribution is 2.30. The number of H-pyrrole nitrogens is 1. The summed E-state index contributed by atoms with van der Waals surface area (Å²) in [6, 6.07) is 1.85. The third kappa shape index (κ3) is 2.58. The van der Waals surface area contributed by atoms with Gasteiger partial charge in [0.1, 0.15) is 0 Å². The van der Waals surface area contributed by atoms with Gasteiger partial charge in [0.2, 0.25) is 0 Å². The van der Waals surface area contributed by atoms with Crippen molar-refractivity contribution in [3.05, 3.63) is 27.2 Å². The summed E-state index contributed by atoms with van der Waals surface area (Å²) in [5, 5.41) is 17.0. The maximum absolute atomic E-state index is 12.3. The van der Waals surface area contributed by atoms with Crippen molar-refractivity contribution in [2.24, 2.45) is 0 Å². The number of aryl methyl sites for hydroxylation is 2. The summed E-state index contributed by atoms with van der Waals surface area (Å²) in [6.45, 7) is 2.07. The zero-order valence-electron chi connectivity index (χ0n) is 11.3. The number of nitrogens with zero attached hydrogens (tertiary/aromatic N) is 3. The Morgan fingerprint density at radius 1 is 1.55 bits per heavy atom. The van der Waals surface area contributed by atoms with Crippen LogP contribution in [0, 0.1) is 0 Å². The van der Waals surface area contributed by atoms with E-state index in [9.17, 15) is 4.79 Å². The fourth-order valence-corrected chi connectivity index (χ4v) is 3.70.